The van der Waals surface area contributed by atoms with Gasteiger partial charge in [0.05, 0.1) is 6.33 Å². The van der Waals surface area contributed by atoms with Crippen molar-refractivity contribution in [3.8, 4) is 0 Å². The monoisotopic (exact) mass is 300 g/mol. The van der Waals surface area contributed by atoms with Crippen molar-refractivity contribution < 1.29 is 4.39 Å². The molecule has 1 unspecified atom stereocenters. The van der Waals surface area contributed by atoms with Gasteiger partial charge in [0.25, 0.3) is 5.56 Å². The molecule has 108 valence electrons. The second-order valence-corrected chi connectivity index (χ2v) is 4.78. The first kappa shape index (κ1) is 14.5. The number of aromatic nitrogens is 4. The Morgan fingerprint density at radius 2 is 2.30 bits per heavy atom. The van der Waals surface area contributed by atoms with E-state index in [9.17, 15) is 14.0 Å². The van der Waals surface area contributed by atoms with Gasteiger partial charge in [0.15, 0.2) is 16.8 Å². The average Bonchev–Trinajstić information content (AvgIpc) is 2.77. The summed E-state index contributed by atoms with van der Waals surface area (Å²) in [5.41, 5.74) is -1.92. The summed E-state index contributed by atoms with van der Waals surface area (Å²) in [4.78, 5) is 30.0. The maximum absolute atomic E-state index is 12.6. The molecule has 6 nitrogen and oxygen atoms in total. The Morgan fingerprint density at radius 3 is 2.95 bits per heavy atom. The lowest BCUT2D eigenvalue weighted by Crippen LogP contribution is -2.31. The highest BCUT2D eigenvalue weighted by atomic mass is 35.5. The van der Waals surface area contributed by atoms with Crippen molar-refractivity contribution in [2.45, 2.75) is 31.6 Å². The van der Waals surface area contributed by atoms with E-state index in [1.807, 2.05) is 0 Å². The van der Waals surface area contributed by atoms with Gasteiger partial charge in [-0.05, 0) is 12.8 Å². The molecular weight excluding hydrogens is 287 g/mol. The van der Waals surface area contributed by atoms with Crippen LogP contribution in [0.2, 0.25) is 0 Å². The Labute approximate surface area is 118 Å². The average molecular weight is 301 g/mol. The number of alkyl halides is 2. The van der Waals surface area contributed by atoms with Gasteiger partial charge in [-0.15, -0.1) is 6.58 Å². The minimum absolute atomic E-state index is 0.127. The first-order chi connectivity index (χ1) is 9.54. The predicted octanol–water partition coefficient (Wildman–Crippen LogP) is 1.39. The van der Waals surface area contributed by atoms with Crippen molar-refractivity contribution >= 4 is 22.8 Å². The van der Waals surface area contributed by atoms with Crippen LogP contribution >= 0.6 is 11.6 Å². The van der Waals surface area contributed by atoms with Gasteiger partial charge in [-0.2, -0.15) is 0 Å². The molecule has 0 aliphatic heterocycles. The summed E-state index contributed by atoms with van der Waals surface area (Å²) in [5, 5.41) is 0. The van der Waals surface area contributed by atoms with E-state index in [1.54, 1.807) is 10.6 Å². The molecule has 2 aromatic heterocycles. The van der Waals surface area contributed by atoms with Crippen LogP contribution in [0.3, 0.4) is 0 Å². The Bertz CT molecular complexity index is 731. The van der Waals surface area contributed by atoms with Gasteiger partial charge in [-0.3, -0.25) is 14.3 Å². The van der Waals surface area contributed by atoms with Crippen LogP contribution in [0.1, 0.15) is 12.8 Å². The van der Waals surface area contributed by atoms with E-state index < -0.39 is 16.9 Å². The van der Waals surface area contributed by atoms with E-state index in [-0.39, 0.29) is 18.6 Å². The summed E-state index contributed by atoms with van der Waals surface area (Å²) in [6, 6.07) is 0. The van der Waals surface area contributed by atoms with E-state index in [4.69, 9.17) is 11.6 Å². The topological polar surface area (TPSA) is 72.7 Å². The summed E-state index contributed by atoms with van der Waals surface area (Å²) in [7, 11) is 0. The fraction of sp³-hybridized carbons (Fsp3) is 0.417. The molecule has 0 aromatic carbocycles. The largest absolute Gasteiger partial charge is 0.330 e. The minimum Gasteiger partial charge on any atom is -0.321 e. The van der Waals surface area contributed by atoms with Crippen LogP contribution in [0.4, 0.5) is 4.39 Å². The van der Waals surface area contributed by atoms with Gasteiger partial charge < -0.3 is 4.57 Å². The van der Waals surface area contributed by atoms with E-state index in [0.29, 0.717) is 18.5 Å². The van der Waals surface area contributed by atoms with Gasteiger partial charge in [-0.1, -0.05) is 17.7 Å². The Balaban J connectivity index is 2.46. The van der Waals surface area contributed by atoms with Crippen LogP contribution in [-0.4, -0.2) is 24.7 Å². The minimum atomic E-state index is -1.44. The molecule has 2 rings (SSSR count). The lowest BCUT2D eigenvalue weighted by molar-refractivity contribution is 0.400. The number of allylic oxidation sites excluding steroid dienone is 1. The molecule has 2 aromatic rings. The second-order valence-electron chi connectivity index (χ2n) is 4.30. The first-order valence-electron chi connectivity index (χ1n) is 6.11. The van der Waals surface area contributed by atoms with Gasteiger partial charge in [0.2, 0.25) is 0 Å². The molecule has 0 saturated carbocycles. The van der Waals surface area contributed by atoms with Crippen molar-refractivity contribution in [2.24, 2.45) is 0 Å². The zero-order chi connectivity index (χ0) is 14.7. The van der Waals surface area contributed by atoms with Crippen molar-refractivity contribution in [1.29, 1.82) is 0 Å². The molecule has 0 saturated heterocycles. The lowest BCUT2D eigenvalue weighted by atomic mass is 10.3. The fourth-order valence-corrected chi connectivity index (χ4v) is 2.16. The molecule has 0 spiro atoms. The number of hydrogen-bond acceptors (Lipinski definition) is 3. The molecule has 20 heavy (non-hydrogen) atoms. The zero-order valence-electron chi connectivity index (χ0n) is 10.7. The SMILES string of the molecule is C=CCn1cnc2c1c(=O)[nH]c(=O)n2CCCC(F)Cl. The molecule has 0 bridgehead atoms. The predicted molar refractivity (Wildman–Crippen MR) is 74.8 cm³/mol. The van der Waals surface area contributed by atoms with Crippen LogP contribution in [-0.2, 0) is 13.1 Å². The van der Waals surface area contributed by atoms with Crippen LogP contribution < -0.4 is 11.2 Å². The summed E-state index contributed by atoms with van der Waals surface area (Å²) >= 11 is 5.23. The third kappa shape index (κ3) is 2.82. The molecule has 1 N–H and O–H groups in total. The molecule has 8 heteroatoms. The maximum Gasteiger partial charge on any atom is 0.330 e. The smallest absolute Gasteiger partial charge is 0.321 e. The highest BCUT2D eigenvalue weighted by Gasteiger charge is 2.13. The van der Waals surface area contributed by atoms with Gasteiger partial charge in [-0.25, -0.2) is 14.2 Å². The van der Waals surface area contributed by atoms with E-state index >= 15 is 0 Å². The zero-order valence-corrected chi connectivity index (χ0v) is 11.4. The summed E-state index contributed by atoms with van der Waals surface area (Å²) in [6.07, 6.45) is 3.59. The number of aromatic amines is 1. The van der Waals surface area contributed by atoms with Gasteiger partial charge >= 0.3 is 5.69 Å². The third-order valence-corrected chi connectivity index (χ3v) is 3.10. The highest BCUT2D eigenvalue weighted by molar-refractivity contribution is 6.19. The number of nitrogens with one attached hydrogen (secondary N) is 1. The van der Waals surface area contributed by atoms with Crippen LogP contribution in [0.25, 0.3) is 11.2 Å². The quantitative estimate of drug-likeness (QED) is 0.647. The molecule has 0 fully saturated rings. The van der Waals surface area contributed by atoms with Crippen molar-refractivity contribution in [3.05, 3.63) is 39.8 Å². The van der Waals surface area contributed by atoms with E-state index in [2.05, 4.69) is 16.5 Å². The molecule has 0 aliphatic rings. The number of imidazole rings is 1. The van der Waals surface area contributed by atoms with Crippen molar-refractivity contribution in [3.63, 3.8) is 0 Å². The maximum atomic E-state index is 12.6. The van der Waals surface area contributed by atoms with E-state index in [0.717, 1.165) is 0 Å². The molecule has 0 amide bonds. The number of rotatable bonds is 6. The van der Waals surface area contributed by atoms with Crippen LogP contribution in [0.5, 0.6) is 0 Å². The van der Waals surface area contributed by atoms with Crippen molar-refractivity contribution in [2.75, 3.05) is 0 Å². The number of H-pyrrole nitrogens is 1. The number of hydrogen-bond donors (Lipinski definition) is 1. The Kier molecular flexibility index (Phi) is 4.39. The summed E-state index contributed by atoms with van der Waals surface area (Å²) in [5.74, 6) is 0. The Morgan fingerprint density at radius 1 is 1.55 bits per heavy atom. The molecule has 2 heterocycles. The summed E-state index contributed by atoms with van der Waals surface area (Å²) < 4.78 is 15.5. The van der Waals surface area contributed by atoms with Crippen LogP contribution in [0, 0.1) is 0 Å². The highest BCUT2D eigenvalue weighted by Crippen LogP contribution is 2.10. The number of nitrogens with zero attached hydrogens (tertiary/aromatic N) is 3. The van der Waals surface area contributed by atoms with Crippen molar-refractivity contribution in [1.82, 2.24) is 19.1 Å². The fourth-order valence-electron chi connectivity index (χ4n) is 2.01. The second kappa shape index (κ2) is 6.04. The number of fused-ring (bicyclic) bond motifs is 1. The molecular formula is C12H14ClFN4O2. The normalized spacial score (nSPS) is 12.7. The summed E-state index contributed by atoms with van der Waals surface area (Å²) in [6.45, 7) is 4.24. The number of halogens is 2. The van der Waals surface area contributed by atoms with E-state index in [1.165, 1.54) is 10.9 Å². The molecule has 1 atom stereocenters. The standard InChI is InChI=1S/C12H14ClFN4O2/c1-2-5-17-7-15-10-9(17)11(19)16-12(20)18(10)6-3-4-8(13)14/h2,7-8H,1,3-6H2,(H,16,19,20). The number of aryl methyl sites for hydroxylation is 1. The first-order valence-corrected chi connectivity index (χ1v) is 6.55. The molecule has 0 radical (unpaired) electrons. The third-order valence-electron chi connectivity index (χ3n) is 2.88. The lowest BCUT2D eigenvalue weighted by Gasteiger charge is -2.06. The van der Waals surface area contributed by atoms with Gasteiger partial charge in [0, 0.05) is 13.1 Å². The van der Waals surface area contributed by atoms with Crippen LogP contribution in [0.15, 0.2) is 28.6 Å². The van der Waals surface area contributed by atoms with Gasteiger partial charge in [0.1, 0.15) is 0 Å². The molecule has 0 aliphatic carbocycles. The Hall–Kier alpha value is -1.89.